The van der Waals surface area contributed by atoms with Gasteiger partial charge in [-0.15, -0.1) is 0 Å². The molecule has 4 rings (SSSR count). The number of hydrogen-bond donors (Lipinski definition) is 0. The molecule has 3 aromatic rings. The number of benzene rings is 3. The molecule has 0 spiro atoms. The Hall–Kier alpha value is -1.61. The molecule has 108 valence electrons. The number of hydrogen-bond acceptors (Lipinski definition) is 0. The third kappa shape index (κ3) is 1.95. The first-order valence-electron chi connectivity index (χ1n) is 7.58. The van der Waals surface area contributed by atoms with Crippen molar-refractivity contribution >= 4 is 22.6 Å². The Morgan fingerprint density at radius 3 is 2.18 bits per heavy atom. The molecule has 1 aliphatic carbocycles. The lowest BCUT2D eigenvalue weighted by molar-refractivity contribution is 0.660. The summed E-state index contributed by atoms with van der Waals surface area (Å²) in [4.78, 5) is 0. The van der Waals surface area contributed by atoms with E-state index in [0.717, 1.165) is 0 Å². The van der Waals surface area contributed by atoms with Crippen molar-refractivity contribution in [1.29, 1.82) is 0 Å². The molecule has 3 aromatic carbocycles. The maximum Gasteiger partial charge on any atom is 0.0218 e. The second-order valence-corrected chi connectivity index (χ2v) is 7.58. The van der Waals surface area contributed by atoms with Crippen LogP contribution in [0.1, 0.15) is 25.0 Å². The van der Waals surface area contributed by atoms with Gasteiger partial charge < -0.3 is 0 Å². The zero-order valence-electron chi connectivity index (χ0n) is 12.7. The van der Waals surface area contributed by atoms with Gasteiger partial charge in [-0.3, -0.25) is 0 Å². The summed E-state index contributed by atoms with van der Waals surface area (Å²) in [5.41, 5.74) is 8.36. The van der Waals surface area contributed by atoms with Crippen molar-refractivity contribution in [2.75, 3.05) is 0 Å². The van der Waals surface area contributed by atoms with Gasteiger partial charge in [0.05, 0.1) is 0 Å². The lowest BCUT2D eigenvalue weighted by Gasteiger charge is -2.22. The van der Waals surface area contributed by atoms with Gasteiger partial charge in [0, 0.05) is 8.99 Å². The van der Waals surface area contributed by atoms with E-state index in [2.05, 4.69) is 103 Å². The van der Waals surface area contributed by atoms with Crippen LogP contribution in [-0.2, 0) is 5.41 Å². The zero-order valence-corrected chi connectivity index (χ0v) is 14.9. The summed E-state index contributed by atoms with van der Waals surface area (Å²) in [6, 6.07) is 24.2. The molecule has 0 N–H and O–H groups in total. The molecule has 0 bridgehead atoms. The van der Waals surface area contributed by atoms with Gasteiger partial charge in [-0.2, -0.15) is 0 Å². The fraction of sp³-hybridized carbons (Fsp3) is 0.143. The topological polar surface area (TPSA) is 0 Å². The maximum atomic E-state index is 2.49. The number of rotatable bonds is 1. The lowest BCUT2D eigenvalue weighted by atomic mass is 9.81. The van der Waals surface area contributed by atoms with E-state index in [-0.39, 0.29) is 5.41 Å². The first-order valence-corrected chi connectivity index (χ1v) is 8.66. The molecular weight excluding hydrogens is 379 g/mol. The average Bonchev–Trinajstić information content (AvgIpc) is 2.77. The summed E-state index contributed by atoms with van der Waals surface area (Å²) in [6.07, 6.45) is 0. The molecule has 0 unspecified atom stereocenters. The Labute approximate surface area is 145 Å². The molecule has 0 fully saturated rings. The molecule has 0 amide bonds. The summed E-state index contributed by atoms with van der Waals surface area (Å²) in [5, 5.41) is 0. The Morgan fingerprint density at radius 2 is 1.41 bits per heavy atom. The van der Waals surface area contributed by atoms with Crippen LogP contribution in [-0.4, -0.2) is 0 Å². The summed E-state index contributed by atoms with van der Waals surface area (Å²) >= 11 is 2.49. The normalized spacial score (nSPS) is 14.5. The minimum Gasteiger partial charge on any atom is -0.0622 e. The first kappa shape index (κ1) is 14.0. The van der Waals surface area contributed by atoms with E-state index in [1.54, 1.807) is 0 Å². The highest BCUT2D eigenvalue weighted by Gasteiger charge is 2.36. The van der Waals surface area contributed by atoms with Gasteiger partial charge in [-0.25, -0.2) is 0 Å². The van der Waals surface area contributed by atoms with Crippen LogP contribution < -0.4 is 0 Å². The molecular formula is C21H17I. The smallest absolute Gasteiger partial charge is 0.0218 e. The standard InChI is InChI=1S/C21H17I/c1-21(2)17-11-7-6-10-16(17)20-18(21)12-15(13-19(20)22)14-8-4-3-5-9-14/h3-13H,1-2H3. The molecule has 0 heterocycles. The van der Waals surface area contributed by atoms with Crippen molar-refractivity contribution in [1.82, 2.24) is 0 Å². The van der Waals surface area contributed by atoms with Crippen LogP contribution in [0.25, 0.3) is 22.3 Å². The van der Waals surface area contributed by atoms with Crippen molar-refractivity contribution in [3.63, 3.8) is 0 Å². The molecule has 1 heteroatoms. The fourth-order valence-corrected chi connectivity index (χ4v) is 4.48. The monoisotopic (exact) mass is 396 g/mol. The third-order valence-electron chi connectivity index (χ3n) is 4.74. The average molecular weight is 396 g/mol. The van der Waals surface area contributed by atoms with Gasteiger partial charge in [0.25, 0.3) is 0 Å². The lowest BCUT2D eigenvalue weighted by Crippen LogP contribution is -2.15. The predicted octanol–water partition coefficient (Wildman–Crippen LogP) is 6.26. The molecule has 0 atom stereocenters. The summed E-state index contributed by atoms with van der Waals surface area (Å²) in [5.74, 6) is 0. The van der Waals surface area contributed by atoms with Crippen molar-refractivity contribution in [2.24, 2.45) is 0 Å². The molecule has 0 aromatic heterocycles. The molecule has 0 saturated heterocycles. The van der Waals surface area contributed by atoms with Crippen molar-refractivity contribution in [3.05, 3.63) is 81.4 Å². The van der Waals surface area contributed by atoms with E-state index in [4.69, 9.17) is 0 Å². The van der Waals surface area contributed by atoms with E-state index < -0.39 is 0 Å². The van der Waals surface area contributed by atoms with E-state index >= 15 is 0 Å². The van der Waals surface area contributed by atoms with Gasteiger partial charge >= 0.3 is 0 Å². The Morgan fingerprint density at radius 1 is 0.727 bits per heavy atom. The Balaban J connectivity index is 2.00. The third-order valence-corrected chi connectivity index (χ3v) is 5.59. The largest absolute Gasteiger partial charge is 0.0622 e. The maximum absolute atomic E-state index is 2.49. The van der Waals surface area contributed by atoms with Crippen molar-refractivity contribution in [3.8, 4) is 22.3 Å². The van der Waals surface area contributed by atoms with E-state index in [1.165, 1.54) is 37.0 Å². The van der Waals surface area contributed by atoms with Crippen LogP contribution in [0.5, 0.6) is 0 Å². The van der Waals surface area contributed by atoms with Gasteiger partial charge in [0.1, 0.15) is 0 Å². The number of fused-ring (bicyclic) bond motifs is 3. The van der Waals surface area contributed by atoms with Crippen molar-refractivity contribution in [2.45, 2.75) is 19.3 Å². The molecule has 22 heavy (non-hydrogen) atoms. The Kier molecular flexibility index (Phi) is 3.15. The van der Waals surface area contributed by atoms with Crippen LogP contribution in [0.2, 0.25) is 0 Å². The first-order chi connectivity index (χ1) is 10.6. The van der Waals surface area contributed by atoms with Gasteiger partial charge in [0.15, 0.2) is 0 Å². The van der Waals surface area contributed by atoms with Crippen LogP contribution in [0.15, 0.2) is 66.7 Å². The van der Waals surface area contributed by atoms with Gasteiger partial charge in [-0.05, 0) is 68.1 Å². The summed E-state index contributed by atoms with van der Waals surface area (Å²) in [6.45, 7) is 4.67. The van der Waals surface area contributed by atoms with Crippen molar-refractivity contribution < 1.29 is 0 Å². The highest BCUT2D eigenvalue weighted by molar-refractivity contribution is 14.1. The van der Waals surface area contributed by atoms with Crippen LogP contribution >= 0.6 is 22.6 Å². The van der Waals surface area contributed by atoms with E-state index in [9.17, 15) is 0 Å². The number of halogens is 1. The Bertz CT molecular complexity index is 860. The van der Waals surface area contributed by atoms with Crippen LogP contribution in [0.4, 0.5) is 0 Å². The minimum absolute atomic E-state index is 0.0661. The summed E-state index contributed by atoms with van der Waals surface area (Å²) < 4.78 is 1.34. The molecule has 1 aliphatic rings. The highest BCUT2D eigenvalue weighted by atomic mass is 127. The second-order valence-electron chi connectivity index (χ2n) is 6.42. The quantitative estimate of drug-likeness (QED) is 0.426. The fourth-order valence-electron chi connectivity index (χ4n) is 3.56. The highest BCUT2D eigenvalue weighted by Crippen LogP contribution is 2.51. The molecule has 0 nitrogen and oxygen atoms in total. The van der Waals surface area contributed by atoms with Gasteiger partial charge in [-0.1, -0.05) is 68.4 Å². The summed E-state index contributed by atoms with van der Waals surface area (Å²) in [7, 11) is 0. The van der Waals surface area contributed by atoms with E-state index in [0.29, 0.717) is 0 Å². The van der Waals surface area contributed by atoms with Crippen LogP contribution in [0, 0.1) is 3.57 Å². The molecule has 0 aliphatic heterocycles. The molecule has 0 saturated carbocycles. The zero-order chi connectivity index (χ0) is 15.3. The minimum atomic E-state index is 0.0661. The predicted molar refractivity (Wildman–Crippen MR) is 102 cm³/mol. The molecule has 0 radical (unpaired) electrons. The second kappa shape index (κ2) is 4.95. The van der Waals surface area contributed by atoms with Gasteiger partial charge in [0.2, 0.25) is 0 Å². The van der Waals surface area contributed by atoms with Crippen LogP contribution in [0.3, 0.4) is 0 Å². The SMILES string of the molecule is CC1(C)c2ccccc2-c2c(I)cc(-c3ccccc3)cc21. The van der Waals surface area contributed by atoms with E-state index in [1.807, 2.05) is 0 Å².